The van der Waals surface area contributed by atoms with Gasteiger partial charge in [0.2, 0.25) is 0 Å². The van der Waals surface area contributed by atoms with Crippen LogP contribution in [0.15, 0.2) is 12.3 Å². The van der Waals surface area contributed by atoms with E-state index in [0.717, 1.165) is 42.3 Å². The zero-order valence-corrected chi connectivity index (χ0v) is 19.6. The monoisotopic (exact) mass is 478 g/mol. The van der Waals surface area contributed by atoms with E-state index in [0.29, 0.717) is 18.3 Å². The SMILES string of the molecule is C=C(OC12CCCC(C1)CC(CCC(C)(C)O)(C(C)(C)O)C2)C(C)CI. The Balaban J connectivity index is 2.31. The molecule has 2 rings (SSSR count). The lowest BCUT2D eigenvalue weighted by Crippen LogP contribution is -2.57. The summed E-state index contributed by atoms with van der Waals surface area (Å²) in [6.07, 6.45) is 7.98. The van der Waals surface area contributed by atoms with Gasteiger partial charge in [0.05, 0.1) is 17.0 Å². The van der Waals surface area contributed by atoms with Crippen molar-refractivity contribution in [3.63, 3.8) is 0 Å². The molecule has 0 saturated heterocycles. The van der Waals surface area contributed by atoms with Gasteiger partial charge in [-0.05, 0) is 78.6 Å². The van der Waals surface area contributed by atoms with Crippen molar-refractivity contribution in [1.82, 2.24) is 0 Å². The van der Waals surface area contributed by atoms with E-state index in [2.05, 4.69) is 36.1 Å². The molecule has 0 aliphatic heterocycles. The molecule has 0 spiro atoms. The van der Waals surface area contributed by atoms with Crippen LogP contribution in [0.1, 0.15) is 86.0 Å². The van der Waals surface area contributed by atoms with Crippen LogP contribution in [0.3, 0.4) is 0 Å². The molecular formula is C22H39IO3. The second-order valence-corrected chi connectivity index (χ2v) is 11.2. The van der Waals surface area contributed by atoms with Crippen molar-refractivity contribution in [3.8, 4) is 0 Å². The fourth-order valence-electron chi connectivity index (χ4n) is 5.12. The topological polar surface area (TPSA) is 49.7 Å². The number of ether oxygens (including phenoxy) is 1. The smallest absolute Gasteiger partial charge is 0.109 e. The summed E-state index contributed by atoms with van der Waals surface area (Å²) in [5, 5.41) is 21.5. The predicted molar refractivity (Wildman–Crippen MR) is 116 cm³/mol. The van der Waals surface area contributed by atoms with E-state index in [1.165, 1.54) is 12.8 Å². The molecule has 0 heterocycles. The first-order chi connectivity index (χ1) is 11.8. The van der Waals surface area contributed by atoms with Crippen molar-refractivity contribution in [3.05, 3.63) is 12.3 Å². The third-order valence-electron chi connectivity index (χ3n) is 6.89. The summed E-state index contributed by atoms with van der Waals surface area (Å²) in [5.74, 6) is 1.84. The van der Waals surface area contributed by atoms with Gasteiger partial charge in [0, 0.05) is 15.8 Å². The number of aliphatic hydroxyl groups is 2. The maximum absolute atomic E-state index is 11.2. The number of allylic oxidation sites excluding steroid dienone is 1. The van der Waals surface area contributed by atoms with Gasteiger partial charge in [0.15, 0.2) is 0 Å². The quantitative estimate of drug-likeness (QED) is 0.271. The van der Waals surface area contributed by atoms with E-state index in [1.807, 2.05) is 27.7 Å². The fourth-order valence-corrected chi connectivity index (χ4v) is 5.61. The van der Waals surface area contributed by atoms with Gasteiger partial charge in [-0.2, -0.15) is 0 Å². The molecule has 26 heavy (non-hydrogen) atoms. The van der Waals surface area contributed by atoms with Crippen LogP contribution in [0.4, 0.5) is 0 Å². The number of hydrogen-bond donors (Lipinski definition) is 2. The highest BCUT2D eigenvalue weighted by Crippen LogP contribution is 2.59. The Bertz CT molecular complexity index is 504. The van der Waals surface area contributed by atoms with Crippen LogP contribution in [0, 0.1) is 17.3 Å². The van der Waals surface area contributed by atoms with Gasteiger partial charge in [-0.1, -0.05) is 42.5 Å². The van der Waals surface area contributed by atoms with E-state index in [1.54, 1.807) is 0 Å². The van der Waals surface area contributed by atoms with E-state index >= 15 is 0 Å². The van der Waals surface area contributed by atoms with E-state index in [-0.39, 0.29) is 11.0 Å². The molecule has 2 bridgehead atoms. The van der Waals surface area contributed by atoms with Crippen LogP contribution >= 0.6 is 22.6 Å². The van der Waals surface area contributed by atoms with Crippen molar-refractivity contribution in [2.24, 2.45) is 17.3 Å². The molecule has 2 aliphatic rings. The molecule has 3 nitrogen and oxygen atoms in total. The molecule has 4 heteroatoms. The molecule has 4 atom stereocenters. The summed E-state index contributed by atoms with van der Waals surface area (Å²) >= 11 is 2.39. The van der Waals surface area contributed by atoms with Crippen molar-refractivity contribution in [2.75, 3.05) is 4.43 Å². The number of hydrogen-bond acceptors (Lipinski definition) is 3. The summed E-state index contributed by atoms with van der Waals surface area (Å²) in [5.41, 5.74) is -1.92. The Morgan fingerprint density at radius 1 is 1.27 bits per heavy atom. The van der Waals surface area contributed by atoms with Gasteiger partial charge >= 0.3 is 0 Å². The summed E-state index contributed by atoms with van der Waals surface area (Å²) in [6.45, 7) is 14.0. The Labute approximate surface area is 174 Å². The zero-order valence-electron chi connectivity index (χ0n) is 17.4. The highest BCUT2D eigenvalue weighted by Gasteiger charge is 2.57. The van der Waals surface area contributed by atoms with Gasteiger partial charge in [-0.3, -0.25) is 0 Å². The predicted octanol–water partition coefficient (Wildman–Crippen LogP) is 5.62. The first kappa shape index (κ1) is 22.5. The maximum atomic E-state index is 11.2. The number of rotatable bonds is 8. The molecule has 2 fully saturated rings. The van der Waals surface area contributed by atoms with Gasteiger partial charge in [-0.25, -0.2) is 0 Å². The van der Waals surface area contributed by atoms with Crippen LogP contribution in [-0.4, -0.2) is 31.4 Å². The Hall–Kier alpha value is 0.190. The second kappa shape index (κ2) is 7.90. The van der Waals surface area contributed by atoms with Crippen LogP contribution in [0.2, 0.25) is 0 Å². The lowest BCUT2D eigenvalue weighted by atomic mass is 9.52. The molecule has 152 valence electrons. The van der Waals surface area contributed by atoms with E-state index in [9.17, 15) is 10.2 Å². The second-order valence-electron chi connectivity index (χ2n) is 10.3. The molecule has 0 amide bonds. The van der Waals surface area contributed by atoms with Gasteiger partial charge in [-0.15, -0.1) is 0 Å². The first-order valence-corrected chi connectivity index (χ1v) is 11.7. The summed E-state index contributed by atoms with van der Waals surface area (Å²) in [6, 6.07) is 0. The van der Waals surface area contributed by atoms with Crippen LogP contribution < -0.4 is 0 Å². The van der Waals surface area contributed by atoms with E-state index in [4.69, 9.17) is 4.74 Å². The number of halogens is 1. The largest absolute Gasteiger partial charge is 0.492 e. The number of fused-ring (bicyclic) bond motifs is 2. The normalized spacial score (nSPS) is 33.6. The fraction of sp³-hybridized carbons (Fsp3) is 0.909. The molecule has 0 aromatic carbocycles. The van der Waals surface area contributed by atoms with Crippen LogP contribution in [-0.2, 0) is 4.74 Å². The molecule has 4 unspecified atom stereocenters. The van der Waals surface area contributed by atoms with Crippen molar-refractivity contribution in [1.29, 1.82) is 0 Å². The first-order valence-electron chi connectivity index (χ1n) is 10.2. The molecule has 0 radical (unpaired) electrons. The highest BCUT2D eigenvalue weighted by atomic mass is 127. The minimum Gasteiger partial charge on any atom is -0.492 e. The molecular weight excluding hydrogens is 439 g/mol. The molecule has 2 aliphatic carbocycles. The van der Waals surface area contributed by atoms with Crippen LogP contribution in [0.25, 0.3) is 0 Å². The van der Waals surface area contributed by atoms with Crippen molar-refractivity contribution in [2.45, 2.75) is 103 Å². The highest BCUT2D eigenvalue weighted by molar-refractivity contribution is 14.1. The van der Waals surface area contributed by atoms with Gasteiger partial charge in [0.25, 0.3) is 0 Å². The zero-order chi connectivity index (χ0) is 19.8. The molecule has 0 aromatic rings. The average molecular weight is 478 g/mol. The molecule has 2 N–H and O–H groups in total. The third-order valence-corrected chi connectivity index (χ3v) is 8.21. The third kappa shape index (κ3) is 5.16. The Morgan fingerprint density at radius 3 is 2.46 bits per heavy atom. The van der Waals surface area contributed by atoms with Crippen molar-refractivity contribution < 1.29 is 14.9 Å². The molecule has 2 saturated carbocycles. The lowest BCUT2D eigenvalue weighted by molar-refractivity contribution is -0.182. The van der Waals surface area contributed by atoms with E-state index < -0.39 is 11.2 Å². The van der Waals surface area contributed by atoms with Crippen LogP contribution in [0.5, 0.6) is 0 Å². The Morgan fingerprint density at radius 2 is 1.92 bits per heavy atom. The van der Waals surface area contributed by atoms with Gasteiger partial charge < -0.3 is 14.9 Å². The number of alkyl halides is 1. The standard InChI is InChI=1S/C22H39IO3/c1-16(14-23)17(2)26-22-9-7-8-18(13-22)12-21(15-22,20(5,6)25)11-10-19(3,4)24/h16,18,24-25H,2,7-15H2,1,3-6H3. The molecule has 0 aromatic heterocycles. The Kier molecular flexibility index (Phi) is 6.83. The average Bonchev–Trinajstić information content (AvgIpc) is 2.49. The summed E-state index contributed by atoms with van der Waals surface area (Å²) < 4.78 is 7.62. The maximum Gasteiger partial charge on any atom is 0.109 e. The minimum absolute atomic E-state index is 0.197. The lowest BCUT2D eigenvalue weighted by Gasteiger charge is -2.58. The van der Waals surface area contributed by atoms with Crippen molar-refractivity contribution >= 4 is 22.6 Å². The minimum atomic E-state index is -0.793. The summed E-state index contributed by atoms with van der Waals surface area (Å²) in [7, 11) is 0. The summed E-state index contributed by atoms with van der Waals surface area (Å²) in [4.78, 5) is 0. The van der Waals surface area contributed by atoms with Gasteiger partial charge in [0.1, 0.15) is 5.60 Å².